The predicted molar refractivity (Wildman–Crippen MR) is 113 cm³/mol. The molecule has 0 spiro atoms. The summed E-state index contributed by atoms with van der Waals surface area (Å²) >= 11 is 0. The maximum absolute atomic E-state index is 12.7. The molecular weight excluding hydrogens is 350 g/mol. The highest BCUT2D eigenvalue weighted by Crippen LogP contribution is 2.20. The summed E-state index contributed by atoms with van der Waals surface area (Å²) < 4.78 is 0. The van der Waals surface area contributed by atoms with Crippen molar-refractivity contribution in [2.45, 2.75) is 6.54 Å². The number of nitrogens with one attached hydrogen (secondary N) is 2. The summed E-state index contributed by atoms with van der Waals surface area (Å²) in [6.45, 7) is 0.741. The summed E-state index contributed by atoms with van der Waals surface area (Å²) in [4.78, 5) is 26.8. The molecule has 2 N–H and O–H groups in total. The van der Waals surface area contributed by atoms with E-state index >= 15 is 0 Å². The van der Waals surface area contributed by atoms with Gasteiger partial charge in [0.1, 0.15) is 0 Å². The zero-order valence-electron chi connectivity index (χ0n) is 16.0. The molecule has 0 saturated carbocycles. The molecule has 28 heavy (non-hydrogen) atoms. The largest absolute Gasteiger partial charge is 0.370 e. The van der Waals surface area contributed by atoms with Crippen molar-refractivity contribution in [1.82, 2.24) is 5.32 Å². The lowest BCUT2D eigenvalue weighted by molar-refractivity contribution is 0.0964. The number of amides is 2. The van der Waals surface area contributed by atoms with Gasteiger partial charge in [-0.15, -0.1) is 0 Å². The lowest BCUT2D eigenvalue weighted by Gasteiger charge is -2.20. The summed E-state index contributed by atoms with van der Waals surface area (Å²) in [6.07, 6.45) is 0. The van der Waals surface area contributed by atoms with Crippen molar-refractivity contribution in [3.05, 3.63) is 95.6 Å². The molecule has 5 nitrogen and oxygen atoms in total. The standard InChI is InChI=1S/C23H23N3O2/c1-24-23(28)20-13-6-7-14-21(20)25-22(27)18-11-8-12-19(15-18)26(2)16-17-9-4-3-5-10-17/h3-15H,16H2,1-2H3,(H,24,28)(H,25,27). The van der Waals surface area contributed by atoms with Gasteiger partial charge in [-0.2, -0.15) is 0 Å². The summed E-state index contributed by atoms with van der Waals surface area (Å²) in [6, 6.07) is 24.5. The number of benzene rings is 3. The molecule has 142 valence electrons. The zero-order chi connectivity index (χ0) is 19.9. The van der Waals surface area contributed by atoms with Crippen LogP contribution in [0.25, 0.3) is 0 Å². The molecule has 0 saturated heterocycles. The molecule has 3 rings (SSSR count). The summed E-state index contributed by atoms with van der Waals surface area (Å²) in [5, 5.41) is 5.42. The lowest BCUT2D eigenvalue weighted by atomic mass is 10.1. The second kappa shape index (κ2) is 8.86. The van der Waals surface area contributed by atoms with Crippen molar-refractivity contribution < 1.29 is 9.59 Å². The van der Waals surface area contributed by atoms with Crippen LogP contribution in [0, 0.1) is 0 Å². The van der Waals surface area contributed by atoms with Gasteiger partial charge in [-0.3, -0.25) is 9.59 Å². The van der Waals surface area contributed by atoms with E-state index in [-0.39, 0.29) is 11.8 Å². The predicted octanol–water partition coefficient (Wildman–Crippen LogP) is 3.93. The Morgan fingerprint density at radius 2 is 1.57 bits per heavy atom. The van der Waals surface area contributed by atoms with Gasteiger partial charge in [0.15, 0.2) is 0 Å². The molecule has 0 fully saturated rings. The smallest absolute Gasteiger partial charge is 0.255 e. The van der Waals surface area contributed by atoms with Crippen LogP contribution in [0.3, 0.4) is 0 Å². The Morgan fingerprint density at radius 1 is 0.857 bits per heavy atom. The van der Waals surface area contributed by atoms with Crippen LogP contribution in [0.1, 0.15) is 26.3 Å². The van der Waals surface area contributed by atoms with Crippen molar-refractivity contribution in [3.63, 3.8) is 0 Å². The third kappa shape index (κ3) is 4.57. The van der Waals surface area contributed by atoms with E-state index in [1.165, 1.54) is 5.56 Å². The zero-order valence-corrected chi connectivity index (χ0v) is 16.0. The van der Waals surface area contributed by atoms with Gasteiger partial charge in [0, 0.05) is 31.9 Å². The molecule has 0 atom stereocenters. The molecule has 0 aliphatic carbocycles. The SMILES string of the molecule is CNC(=O)c1ccccc1NC(=O)c1cccc(N(C)Cc2ccccc2)c1. The number of anilines is 2. The molecule has 3 aromatic rings. The van der Waals surface area contributed by atoms with Gasteiger partial charge in [-0.05, 0) is 35.9 Å². The average molecular weight is 373 g/mol. The van der Waals surface area contributed by atoms with E-state index in [4.69, 9.17) is 0 Å². The number of carbonyl (C=O) groups excluding carboxylic acids is 2. The fraction of sp³-hybridized carbons (Fsp3) is 0.130. The maximum Gasteiger partial charge on any atom is 0.255 e. The number of nitrogens with zero attached hydrogens (tertiary/aromatic N) is 1. The first-order valence-electron chi connectivity index (χ1n) is 9.06. The second-order valence-corrected chi connectivity index (χ2v) is 6.47. The number of rotatable bonds is 6. The molecule has 0 aromatic heterocycles. The van der Waals surface area contributed by atoms with E-state index in [1.807, 2.05) is 43.4 Å². The molecule has 0 bridgehead atoms. The van der Waals surface area contributed by atoms with E-state index in [0.29, 0.717) is 16.8 Å². The van der Waals surface area contributed by atoms with Crippen LogP contribution < -0.4 is 15.5 Å². The molecule has 0 heterocycles. The molecule has 0 unspecified atom stereocenters. The van der Waals surface area contributed by atoms with Crippen molar-refractivity contribution in [2.24, 2.45) is 0 Å². The van der Waals surface area contributed by atoms with E-state index in [9.17, 15) is 9.59 Å². The van der Waals surface area contributed by atoms with Gasteiger partial charge in [0.25, 0.3) is 11.8 Å². The Kier molecular flexibility index (Phi) is 6.07. The minimum atomic E-state index is -0.258. The number of hydrogen-bond acceptors (Lipinski definition) is 3. The number of para-hydroxylation sites is 1. The second-order valence-electron chi connectivity index (χ2n) is 6.47. The molecule has 3 aromatic carbocycles. The van der Waals surface area contributed by atoms with E-state index in [1.54, 1.807) is 37.4 Å². The lowest BCUT2D eigenvalue weighted by Crippen LogP contribution is -2.22. The Bertz CT molecular complexity index is 970. The third-order valence-corrected chi connectivity index (χ3v) is 4.46. The number of hydrogen-bond donors (Lipinski definition) is 2. The van der Waals surface area contributed by atoms with Crippen LogP contribution in [0.4, 0.5) is 11.4 Å². The molecule has 5 heteroatoms. The average Bonchev–Trinajstić information content (AvgIpc) is 2.74. The third-order valence-electron chi connectivity index (χ3n) is 4.46. The van der Waals surface area contributed by atoms with Gasteiger partial charge in [-0.25, -0.2) is 0 Å². The first-order chi connectivity index (χ1) is 13.6. The Labute approximate surface area is 165 Å². The summed E-state index contributed by atoms with van der Waals surface area (Å²) in [5.41, 5.74) is 3.57. The topological polar surface area (TPSA) is 61.4 Å². The van der Waals surface area contributed by atoms with Crippen LogP contribution in [0.5, 0.6) is 0 Å². The highest BCUT2D eigenvalue weighted by molar-refractivity contribution is 6.09. The Balaban J connectivity index is 1.77. The fourth-order valence-corrected chi connectivity index (χ4v) is 2.95. The van der Waals surface area contributed by atoms with Crippen LogP contribution in [-0.4, -0.2) is 25.9 Å². The quantitative estimate of drug-likeness (QED) is 0.688. The highest BCUT2D eigenvalue weighted by atomic mass is 16.2. The Morgan fingerprint density at radius 3 is 2.32 bits per heavy atom. The van der Waals surface area contributed by atoms with Crippen LogP contribution in [0.15, 0.2) is 78.9 Å². The highest BCUT2D eigenvalue weighted by Gasteiger charge is 2.14. The fourth-order valence-electron chi connectivity index (χ4n) is 2.95. The Hall–Kier alpha value is -3.60. The van der Waals surface area contributed by atoms with Crippen molar-refractivity contribution in [3.8, 4) is 0 Å². The van der Waals surface area contributed by atoms with E-state index < -0.39 is 0 Å². The van der Waals surface area contributed by atoms with E-state index in [2.05, 4.69) is 27.7 Å². The van der Waals surface area contributed by atoms with Gasteiger partial charge in [-0.1, -0.05) is 48.5 Å². The number of carbonyl (C=O) groups is 2. The van der Waals surface area contributed by atoms with E-state index in [0.717, 1.165) is 12.2 Å². The molecular formula is C23H23N3O2. The molecule has 0 radical (unpaired) electrons. The maximum atomic E-state index is 12.7. The van der Waals surface area contributed by atoms with Crippen molar-refractivity contribution >= 4 is 23.2 Å². The molecule has 0 aliphatic rings. The van der Waals surface area contributed by atoms with Crippen molar-refractivity contribution in [1.29, 1.82) is 0 Å². The minimum absolute atomic E-state index is 0.243. The molecule has 0 aliphatic heterocycles. The summed E-state index contributed by atoms with van der Waals surface area (Å²) in [7, 11) is 3.55. The minimum Gasteiger partial charge on any atom is -0.370 e. The summed E-state index contributed by atoms with van der Waals surface area (Å²) in [5.74, 6) is -0.501. The van der Waals surface area contributed by atoms with Gasteiger partial charge in [0.2, 0.25) is 0 Å². The molecule has 2 amide bonds. The first-order valence-corrected chi connectivity index (χ1v) is 9.06. The van der Waals surface area contributed by atoms with Crippen molar-refractivity contribution in [2.75, 3.05) is 24.3 Å². The van der Waals surface area contributed by atoms with Crippen LogP contribution in [-0.2, 0) is 6.54 Å². The first kappa shape index (κ1) is 19.2. The van der Waals surface area contributed by atoms with Crippen LogP contribution in [0.2, 0.25) is 0 Å². The normalized spacial score (nSPS) is 10.2. The van der Waals surface area contributed by atoms with Gasteiger partial charge in [0.05, 0.1) is 11.3 Å². The van der Waals surface area contributed by atoms with Gasteiger partial charge < -0.3 is 15.5 Å². The van der Waals surface area contributed by atoms with Crippen LogP contribution >= 0.6 is 0 Å². The monoisotopic (exact) mass is 373 g/mol. The van der Waals surface area contributed by atoms with Gasteiger partial charge >= 0.3 is 0 Å².